The van der Waals surface area contributed by atoms with Gasteiger partial charge in [-0.05, 0) is 0 Å². The Morgan fingerprint density at radius 1 is 1.56 bits per heavy atom. The fourth-order valence-electron chi connectivity index (χ4n) is 0.258. The van der Waals surface area contributed by atoms with Crippen LogP contribution in [0, 0.1) is 0 Å². The number of primary amides is 1. The van der Waals surface area contributed by atoms with Crippen molar-refractivity contribution >= 4 is 19.1 Å². The minimum atomic E-state index is -0.572. The topological polar surface area (TPSA) is 98.2 Å². The molecule has 0 spiro atoms. The van der Waals surface area contributed by atoms with Crippen LogP contribution in [-0.4, -0.2) is 25.7 Å². The summed E-state index contributed by atoms with van der Waals surface area (Å²) in [6, 6.07) is 0. The molecular weight excluding hydrogens is 121 g/mol. The van der Waals surface area contributed by atoms with E-state index < -0.39 is 5.91 Å². The van der Waals surface area contributed by atoms with E-state index in [-0.39, 0.29) is 19.8 Å². The fraction of sp³-hybridized carbons (Fsp3) is 0.333. The molecule has 6 heteroatoms. The number of hydrogen-bond acceptors (Lipinski definition) is 3. The third kappa shape index (κ3) is 4.83. The van der Waals surface area contributed by atoms with E-state index in [0.717, 1.165) is 0 Å². The molecule has 0 rings (SSSR count). The maximum Gasteiger partial charge on any atom is 0.308 e. The summed E-state index contributed by atoms with van der Waals surface area (Å²) in [6.07, 6.45) is 0. The molecular formula is C3H8BN3O2. The molecule has 5 nitrogen and oxygen atoms in total. The van der Waals surface area contributed by atoms with Crippen LogP contribution < -0.4 is 16.7 Å². The average Bonchev–Trinajstić information content (AvgIpc) is 1.83. The Balaban J connectivity index is 3.28. The summed E-state index contributed by atoms with van der Waals surface area (Å²) >= 11 is 0. The second-order valence-corrected chi connectivity index (χ2v) is 1.45. The number of hydrogen-bond donors (Lipinski definition) is 3. The minimum Gasteiger partial charge on any atom is -0.368 e. The van der Waals surface area contributed by atoms with E-state index in [2.05, 4.69) is 5.32 Å². The second-order valence-electron chi connectivity index (χ2n) is 1.45. The number of carbonyl (C=O) groups is 2. The van der Waals surface area contributed by atoms with E-state index in [1.54, 1.807) is 0 Å². The number of nitrogens with two attached hydrogens (primary N) is 2. The first-order valence-electron chi connectivity index (χ1n) is 2.42. The molecule has 0 heterocycles. The smallest absolute Gasteiger partial charge is 0.308 e. The van der Waals surface area contributed by atoms with Crippen LogP contribution in [0.4, 0.5) is 4.79 Å². The zero-order valence-electron chi connectivity index (χ0n) is 4.89. The molecule has 0 saturated heterocycles. The molecule has 0 aliphatic rings. The van der Waals surface area contributed by atoms with E-state index in [9.17, 15) is 9.59 Å². The first kappa shape index (κ1) is 7.96. The van der Waals surface area contributed by atoms with Crippen molar-refractivity contribution in [3.8, 4) is 0 Å². The first-order chi connectivity index (χ1) is 4.16. The van der Waals surface area contributed by atoms with Gasteiger partial charge in [0.1, 0.15) is 0 Å². The Bertz CT molecular complexity index is 126. The standard InChI is InChI=1S/C3H8BN3O2/c5-2(8)1-7-3(9)4-6/h4H,1,6H2,(H2,5,8)(H,7,9). The number of carbonyl (C=O) groups excluding carboxylic acids is 2. The van der Waals surface area contributed by atoms with Gasteiger partial charge in [-0.25, -0.2) is 0 Å². The normalized spacial score (nSPS) is 8.11. The van der Waals surface area contributed by atoms with Crippen LogP contribution in [-0.2, 0) is 4.79 Å². The van der Waals surface area contributed by atoms with Crippen molar-refractivity contribution in [2.75, 3.05) is 6.54 Å². The lowest BCUT2D eigenvalue weighted by Gasteiger charge is -1.96. The van der Waals surface area contributed by atoms with Gasteiger partial charge in [0, 0.05) is 0 Å². The predicted molar refractivity (Wildman–Crippen MR) is 33.9 cm³/mol. The highest BCUT2D eigenvalue weighted by Gasteiger charge is 1.98. The van der Waals surface area contributed by atoms with Crippen LogP contribution in [0.5, 0.6) is 0 Å². The number of rotatable bonds is 3. The van der Waals surface area contributed by atoms with Crippen molar-refractivity contribution in [2.45, 2.75) is 0 Å². The summed E-state index contributed by atoms with van der Waals surface area (Å²) in [7, 11) is -0.118. The SMILES string of the molecule is NBC(=O)NCC(N)=O. The Morgan fingerprint density at radius 3 is 2.44 bits per heavy atom. The lowest BCUT2D eigenvalue weighted by Crippen LogP contribution is -2.37. The van der Waals surface area contributed by atoms with Crippen molar-refractivity contribution in [1.29, 1.82) is 0 Å². The van der Waals surface area contributed by atoms with Gasteiger partial charge in [0.2, 0.25) is 5.91 Å². The van der Waals surface area contributed by atoms with Crippen LogP contribution >= 0.6 is 0 Å². The maximum absolute atomic E-state index is 10.3. The van der Waals surface area contributed by atoms with E-state index in [0.29, 0.717) is 0 Å². The minimum absolute atomic E-state index is 0.118. The highest BCUT2D eigenvalue weighted by atomic mass is 16.2. The zero-order chi connectivity index (χ0) is 7.28. The Kier molecular flexibility index (Phi) is 3.46. The van der Waals surface area contributed by atoms with Crippen LogP contribution in [0.1, 0.15) is 0 Å². The summed E-state index contributed by atoms with van der Waals surface area (Å²) in [5, 5.41) is 2.19. The average molecular weight is 129 g/mol. The van der Waals surface area contributed by atoms with Gasteiger partial charge in [0.15, 0.2) is 5.81 Å². The molecule has 0 aromatic heterocycles. The Labute approximate surface area is 53.0 Å². The molecule has 0 aromatic carbocycles. The zero-order valence-corrected chi connectivity index (χ0v) is 4.89. The van der Waals surface area contributed by atoms with Gasteiger partial charge in [-0.2, -0.15) is 0 Å². The van der Waals surface area contributed by atoms with Crippen LogP contribution in [0.3, 0.4) is 0 Å². The van der Waals surface area contributed by atoms with Crippen LogP contribution in [0.15, 0.2) is 0 Å². The number of amides is 2. The molecule has 50 valence electrons. The van der Waals surface area contributed by atoms with Crippen molar-refractivity contribution in [3.05, 3.63) is 0 Å². The quantitative estimate of drug-likeness (QED) is 0.367. The molecule has 0 radical (unpaired) electrons. The van der Waals surface area contributed by atoms with Gasteiger partial charge < -0.3 is 16.7 Å². The van der Waals surface area contributed by atoms with Crippen molar-refractivity contribution in [2.24, 2.45) is 11.4 Å². The molecule has 0 saturated carbocycles. The third-order valence-electron chi connectivity index (χ3n) is 0.645. The number of nitrogens with one attached hydrogen (secondary N) is 1. The first-order valence-corrected chi connectivity index (χ1v) is 2.42. The van der Waals surface area contributed by atoms with Crippen molar-refractivity contribution < 1.29 is 9.59 Å². The van der Waals surface area contributed by atoms with Gasteiger partial charge in [0.25, 0.3) is 0 Å². The van der Waals surface area contributed by atoms with Gasteiger partial charge in [0.05, 0.1) is 6.54 Å². The van der Waals surface area contributed by atoms with E-state index >= 15 is 0 Å². The summed E-state index contributed by atoms with van der Waals surface area (Å²) in [5.41, 5.74) is 9.60. The van der Waals surface area contributed by atoms with Gasteiger partial charge in [-0.3, -0.25) is 9.59 Å². The Morgan fingerprint density at radius 2 is 2.11 bits per heavy atom. The van der Waals surface area contributed by atoms with Crippen LogP contribution in [0.25, 0.3) is 0 Å². The molecule has 9 heavy (non-hydrogen) atoms. The van der Waals surface area contributed by atoms with Gasteiger partial charge in [-0.1, -0.05) is 0 Å². The molecule has 0 aromatic rings. The highest BCUT2D eigenvalue weighted by Crippen LogP contribution is 1.60. The molecule has 0 bridgehead atoms. The van der Waals surface area contributed by atoms with Crippen molar-refractivity contribution in [3.63, 3.8) is 0 Å². The fourth-order valence-corrected chi connectivity index (χ4v) is 0.258. The lowest BCUT2D eigenvalue weighted by molar-refractivity contribution is -0.117. The second kappa shape index (κ2) is 3.91. The molecule has 0 aliphatic carbocycles. The summed E-state index contributed by atoms with van der Waals surface area (Å²) in [5.74, 6) is -0.953. The summed E-state index contributed by atoms with van der Waals surface area (Å²) in [4.78, 5) is 20.3. The summed E-state index contributed by atoms with van der Waals surface area (Å²) in [6.45, 7) is -0.143. The van der Waals surface area contributed by atoms with Gasteiger partial charge >= 0.3 is 7.41 Å². The highest BCUT2D eigenvalue weighted by molar-refractivity contribution is 6.70. The lowest BCUT2D eigenvalue weighted by atomic mass is 9.96. The van der Waals surface area contributed by atoms with E-state index in [4.69, 9.17) is 11.4 Å². The molecule has 0 unspecified atom stereocenters. The summed E-state index contributed by atoms with van der Waals surface area (Å²) < 4.78 is 0. The van der Waals surface area contributed by atoms with Crippen molar-refractivity contribution in [1.82, 2.24) is 5.32 Å². The van der Waals surface area contributed by atoms with E-state index in [1.165, 1.54) is 0 Å². The molecule has 0 atom stereocenters. The monoisotopic (exact) mass is 129 g/mol. The predicted octanol–water partition coefficient (Wildman–Crippen LogP) is -2.51. The van der Waals surface area contributed by atoms with E-state index in [1.807, 2.05) is 0 Å². The molecule has 0 aliphatic heterocycles. The third-order valence-corrected chi connectivity index (χ3v) is 0.645. The Hall–Kier alpha value is -1.04. The maximum atomic E-state index is 10.3. The molecule has 5 N–H and O–H groups in total. The molecule has 0 fully saturated rings. The molecule has 2 amide bonds. The van der Waals surface area contributed by atoms with Crippen LogP contribution in [0.2, 0.25) is 0 Å². The largest absolute Gasteiger partial charge is 0.368 e. The van der Waals surface area contributed by atoms with Gasteiger partial charge in [-0.15, -0.1) is 0 Å².